The SMILES string of the molecule is CCCCO/N=[C]\c1cccc(CC)c1. The first-order valence-electron chi connectivity index (χ1n) is 5.53. The predicted octanol–water partition coefficient (Wildman–Crippen LogP) is 3.28. The van der Waals surface area contributed by atoms with Gasteiger partial charge in [-0.05, 0) is 24.5 Å². The summed E-state index contributed by atoms with van der Waals surface area (Å²) in [6.45, 7) is 4.94. The minimum absolute atomic E-state index is 0.678. The lowest BCUT2D eigenvalue weighted by atomic mass is 10.1. The van der Waals surface area contributed by atoms with E-state index < -0.39 is 0 Å². The van der Waals surface area contributed by atoms with Crippen LogP contribution in [0.3, 0.4) is 0 Å². The van der Waals surface area contributed by atoms with E-state index in [0.717, 1.165) is 24.8 Å². The highest BCUT2D eigenvalue weighted by molar-refractivity contribution is 5.79. The van der Waals surface area contributed by atoms with Crippen LogP contribution in [0.2, 0.25) is 0 Å². The Morgan fingerprint density at radius 2 is 2.20 bits per heavy atom. The monoisotopic (exact) mass is 204 g/mol. The Kier molecular flexibility index (Phi) is 5.52. The van der Waals surface area contributed by atoms with E-state index >= 15 is 0 Å². The maximum Gasteiger partial charge on any atom is 0.139 e. The first-order valence-corrected chi connectivity index (χ1v) is 5.53. The molecule has 0 aliphatic heterocycles. The molecular formula is C13H18NO. The van der Waals surface area contributed by atoms with Crippen LogP contribution < -0.4 is 0 Å². The van der Waals surface area contributed by atoms with Crippen LogP contribution in [0.1, 0.15) is 37.8 Å². The molecule has 0 aromatic heterocycles. The number of hydrogen-bond acceptors (Lipinski definition) is 2. The topological polar surface area (TPSA) is 21.6 Å². The first-order chi connectivity index (χ1) is 7.36. The second-order valence-corrected chi connectivity index (χ2v) is 3.44. The maximum absolute atomic E-state index is 5.07. The van der Waals surface area contributed by atoms with E-state index in [9.17, 15) is 0 Å². The molecule has 0 aliphatic rings. The molecule has 1 rings (SSSR count). The van der Waals surface area contributed by atoms with Crippen molar-refractivity contribution in [1.82, 2.24) is 0 Å². The van der Waals surface area contributed by atoms with Crippen LogP contribution in [0.5, 0.6) is 0 Å². The van der Waals surface area contributed by atoms with Gasteiger partial charge in [-0.1, -0.05) is 43.6 Å². The lowest BCUT2D eigenvalue weighted by molar-refractivity contribution is 0.143. The number of benzene rings is 1. The summed E-state index contributed by atoms with van der Waals surface area (Å²) < 4.78 is 0. The standard InChI is InChI=1S/C13H18NO/c1-3-5-9-15-14-11-13-8-6-7-12(4-2)10-13/h6-8,10H,3-5,9H2,1-2H3. The number of nitrogens with zero attached hydrogens (tertiary/aromatic N) is 1. The Morgan fingerprint density at radius 3 is 2.93 bits per heavy atom. The summed E-state index contributed by atoms with van der Waals surface area (Å²) in [4.78, 5) is 5.07. The lowest BCUT2D eigenvalue weighted by Crippen LogP contribution is -1.89. The number of unbranched alkanes of at least 4 members (excludes halogenated alkanes) is 1. The molecule has 0 saturated carbocycles. The smallest absolute Gasteiger partial charge is 0.139 e. The summed E-state index contributed by atoms with van der Waals surface area (Å²) in [6, 6.07) is 8.17. The zero-order valence-corrected chi connectivity index (χ0v) is 9.49. The molecule has 0 amide bonds. The number of hydrogen-bond donors (Lipinski definition) is 0. The maximum atomic E-state index is 5.07. The fraction of sp³-hybridized carbons (Fsp3) is 0.462. The Labute approximate surface area is 91.9 Å². The summed E-state index contributed by atoms with van der Waals surface area (Å²) in [5, 5.41) is 3.80. The third kappa shape index (κ3) is 4.63. The Morgan fingerprint density at radius 1 is 1.33 bits per heavy atom. The highest BCUT2D eigenvalue weighted by Crippen LogP contribution is 2.03. The average molecular weight is 204 g/mol. The van der Waals surface area contributed by atoms with Gasteiger partial charge in [-0.25, -0.2) is 0 Å². The molecular weight excluding hydrogens is 186 g/mol. The summed E-state index contributed by atoms with van der Waals surface area (Å²) in [6.07, 6.45) is 6.08. The van der Waals surface area contributed by atoms with E-state index in [1.54, 1.807) is 0 Å². The van der Waals surface area contributed by atoms with Crippen molar-refractivity contribution in [2.45, 2.75) is 33.1 Å². The molecule has 0 atom stereocenters. The highest BCUT2D eigenvalue weighted by atomic mass is 16.6. The quantitative estimate of drug-likeness (QED) is 0.396. The van der Waals surface area contributed by atoms with Gasteiger partial charge in [0, 0.05) is 5.56 Å². The third-order valence-electron chi connectivity index (χ3n) is 2.16. The third-order valence-corrected chi connectivity index (χ3v) is 2.16. The van der Waals surface area contributed by atoms with Gasteiger partial charge in [0.2, 0.25) is 0 Å². The van der Waals surface area contributed by atoms with Gasteiger partial charge in [-0.15, -0.1) is 0 Å². The fourth-order valence-corrected chi connectivity index (χ4v) is 1.20. The molecule has 81 valence electrons. The number of aryl methyl sites for hydroxylation is 1. The van der Waals surface area contributed by atoms with Gasteiger partial charge < -0.3 is 4.84 Å². The van der Waals surface area contributed by atoms with E-state index in [4.69, 9.17) is 4.84 Å². The van der Waals surface area contributed by atoms with E-state index in [1.807, 2.05) is 12.1 Å². The largest absolute Gasteiger partial charge is 0.395 e. The van der Waals surface area contributed by atoms with Gasteiger partial charge in [0.25, 0.3) is 0 Å². The molecule has 0 aliphatic carbocycles. The van der Waals surface area contributed by atoms with E-state index in [2.05, 4.69) is 37.4 Å². The summed E-state index contributed by atoms with van der Waals surface area (Å²) >= 11 is 0. The molecule has 0 spiro atoms. The zero-order valence-electron chi connectivity index (χ0n) is 9.49. The minimum Gasteiger partial charge on any atom is -0.395 e. The first kappa shape index (κ1) is 11.8. The molecule has 0 fully saturated rings. The van der Waals surface area contributed by atoms with Gasteiger partial charge >= 0.3 is 0 Å². The summed E-state index contributed by atoms with van der Waals surface area (Å²) in [5.41, 5.74) is 2.27. The zero-order chi connectivity index (χ0) is 10.9. The van der Waals surface area contributed by atoms with E-state index in [0.29, 0.717) is 6.61 Å². The molecule has 15 heavy (non-hydrogen) atoms. The molecule has 0 saturated heterocycles. The number of rotatable bonds is 6. The average Bonchev–Trinajstić information content (AvgIpc) is 2.29. The molecule has 0 unspecified atom stereocenters. The second-order valence-electron chi connectivity index (χ2n) is 3.44. The van der Waals surface area contributed by atoms with Crippen molar-refractivity contribution < 1.29 is 4.84 Å². The van der Waals surface area contributed by atoms with Gasteiger partial charge in [0.1, 0.15) is 12.8 Å². The van der Waals surface area contributed by atoms with Crippen molar-refractivity contribution in [3.05, 3.63) is 35.4 Å². The van der Waals surface area contributed by atoms with Crippen molar-refractivity contribution in [2.24, 2.45) is 5.16 Å². The molecule has 0 bridgehead atoms. The normalized spacial score (nSPS) is 10.8. The summed E-state index contributed by atoms with van der Waals surface area (Å²) in [5.74, 6) is 0. The molecule has 0 heterocycles. The molecule has 1 aromatic carbocycles. The van der Waals surface area contributed by atoms with Crippen LogP contribution in [-0.4, -0.2) is 12.8 Å². The van der Waals surface area contributed by atoms with Crippen LogP contribution in [0.4, 0.5) is 0 Å². The minimum atomic E-state index is 0.678. The molecule has 2 heteroatoms. The van der Waals surface area contributed by atoms with Gasteiger partial charge in [-0.3, -0.25) is 0 Å². The molecule has 2 nitrogen and oxygen atoms in total. The predicted molar refractivity (Wildman–Crippen MR) is 63.2 cm³/mol. The Bertz CT molecular complexity index is 307. The van der Waals surface area contributed by atoms with Crippen molar-refractivity contribution >= 4 is 6.21 Å². The van der Waals surface area contributed by atoms with Crippen LogP contribution in [0, 0.1) is 0 Å². The van der Waals surface area contributed by atoms with Crippen LogP contribution >= 0.6 is 0 Å². The van der Waals surface area contributed by atoms with Gasteiger partial charge in [-0.2, -0.15) is 0 Å². The molecule has 1 radical (unpaired) electrons. The van der Waals surface area contributed by atoms with Crippen molar-refractivity contribution in [1.29, 1.82) is 0 Å². The fourth-order valence-electron chi connectivity index (χ4n) is 1.20. The van der Waals surface area contributed by atoms with Crippen molar-refractivity contribution in [3.8, 4) is 0 Å². The Hall–Kier alpha value is -1.31. The van der Waals surface area contributed by atoms with Gasteiger partial charge in [0.15, 0.2) is 0 Å². The summed E-state index contributed by atoms with van der Waals surface area (Å²) in [7, 11) is 0. The molecule has 0 N–H and O–H groups in total. The van der Waals surface area contributed by atoms with Crippen molar-refractivity contribution in [3.63, 3.8) is 0 Å². The molecule has 1 aromatic rings. The lowest BCUT2D eigenvalue weighted by Gasteiger charge is -1.98. The Balaban J connectivity index is 2.41. The van der Waals surface area contributed by atoms with Crippen LogP contribution in [0.25, 0.3) is 0 Å². The highest BCUT2D eigenvalue weighted by Gasteiger charge is 1.91. The van der Waals surface area contributed by atoms with Gasteiger partial charge in [0.05, 0.1) is 0 Å². The van der Waals surface area contributed by atoms with Crippen molar-refractivity contribution in [2.75, 3.05) is 6.61 Å². The van der Waals surface area contributed by atoms with Crippen LogP contribution in [0.15, 0.2) is 29.4 Å². The second kappa shape index (κ2) is 7.04. The van der Waals surface area contributed by atoms with E-state index in [1.165, 1.54) is 5.56 Å². The van der Waals surface area contributed by atoms with Crippen LogP contribution in [-0.2, 0) is 11.3 Å². The van der Waals surface area contributed by atoms with E-state index in [-0.39, 0.29) is 0 Å².